The molecule has 0 amide bonds. The average Bonchev–Trinajstić information content (AvgIpc) is 2.66. The van der Waals surface area contributed by atoms with Gasteiger partial charge < -0.3 is 18.9 Å². The molecule has 0 fully saturated rings. The van der Waals surface area contributed by atoms with Crippen molar-refractivity contribution in [1.29, 1.82) is 0 Å². The van der Waals surface area contributed by atoms with Crippen molar-refractivity contribution in [1.82, 2.24) is 0 Å². The summed E-state index contributed by atoms with van der Waals surface area (Å²) >= 11 is 0. The molecule has 2 aromatic rings. The summed E-state index contributed by atoms with van der Waals surface area (Å²) in [5.74, 6) is 4.19. The van der Waals surface area contributed by atoms with E-state index in [4.69, 9.17) is 25.4 Å². The van der Waals surface area contributed by atoms with Crippen LogP contribution in [0, 0.1) is 12.3 Å². The maximum atomic E-state index is 5.72. The number of rotatable bonds is 10. The van der Waals surface area contributed by atoms with Crippen LogP contribution in [0.3, 0.4) is 0 Å². The lowest BCUT2D eigenvalue weighted by Gasteiger charge is -2.15. The molecule has 2 aromatic carbocycles. The SMILES string of the molecule is C#CCc1ccc(OCOC)c(-c2ccc(OCOC)c(CC=C)c2)c1. The number of hydrogen-bond donors (Lipinski definition) is 0. The lowest BCUT2D eigenvalue weighted by molar-refractivity contribution is 0.0504. The van der Waals surface area contributed by atoms with E-state index in [9.17, 15) is 0 Å². The van der Waals surface area contributed by atoms with E-state index >= 15 is 0 Å². The summed E-state index contributed by atoms with van der Waals surface area (Å²) in [5.41, 5.74) is 4.04. The highest BCUT2D eigenvalue weighted by Gasteiger charge is 2.11. The zero-order valence-electron chi connectivity index (χ0n) is 15.3. The first-order chi connectivity index (χ1) is 12.7. The molecule has 0 unspecified atom stereocenters. The van der Waals surface area contributed by atoms with Crippen molar-refractivity contribution in [2.75, 3.05) is 27.8 Å². The van der Waals surface area contributed by atoms with Crippen LogP contribution in [0.5, 0.6) is 11.5 Å². The Kier molecular flexibility index (Phi) is 7.75. The largest absolute Gasteiger partial charge is 0.467 e. The maximum Gasteiger partial charge on any atom is 0.188 e. The number of allylic oxidation sites excluding steroid dienone is 1. The van der Waals surface area contributed by atoms with Gasteiger partial charge in [-0.15, -0.1) is 18.9 Å². The van der Waals surface area contributed by atoms with Crippen LogP contribution in [0.4, 0.5) is 0 Å². The summed E-state index contributed by atoms with van der Waals surface area (Å²) in [6.45, 7) is 4.20. The Labute approximate surface area is 155 Å². The second-order valence-electron chi connectivity index (χ2n) is 5.63. The van der Waals surface area contributed by atoms with Crippen molar-refractivity contribution in [3.05, 3.63) is 60.2 Å². The summed E-state index contributed by atoms with van der Waals surface area (Å²) in [6.07, 6.45) is 8.55. The van der Waals surface area contributed by atoms with E-state index in [0.717, 1.165) is 33.8 Å². The monoisotopic (exact) mass is 352 g/mol. The van der Waals surface area contributed by atoms with Crippen molar-refractivity contribution in [2.24, 2.45) is 0 Å². The summed E-state index contributed by atoms with van der Waals surface area (Å²) in [5, 5.41) is 0. The van der Waals surface area contributed by atoms with Gasteiger partial charge >= 0.3 is 0 Å². The number of benzene rings is 2. The fourth-order valence-corrected chi connectivity index (χ4v) is 2.60. The van der Waals surface area contributed by atoms with Gasteiger partial charge in [-0.2, -0.15) is 0 Å². The first-order valence-electron chi connectivity index (χ1n) is 8.27. The average molecular weight is 352 g/mol. The van der Waals surface area contributed by atoms with E-state index in [-0.39, 0.29) is 13.6 Å². The predicted octanol–water partition coefficient (Wildman–Crippen LogP) is 4.22. The van der Waals surface area contributed by atoms with Gasteiger partial charge in [0.2, 0.25) is 0 Å². The summed E-state index contributed by atoms with van der Waals surface area (Å²) in [4.78, 5) is 0. The predicted molar refractivity (Wildman–Crippen MR) is 103 cm³/mol. The van der Waals surface area contributed by atoms with Crippen LogP contribution in [0.15, 0.2) is 49.1 Å². The molecule has 136 valence electrons. The molecular formula is C22H24O4. The fraction of sp³-hybridized carbons (Fsp3) is 0.273. The first-order valence-corrected chi connectivity index (χ1v) is 8.27. The van der Waals surface area contributed by atoms with Gasteiger partial charge in [-0.1, -0.05) is 18.2 Å². The lowest BCUT2D eigenvalue weighted by Crippen LogP contribution is -2.03. The molecule has 0 aliphatic carbocycles. The molecule has 0 saturated heterocycles. The Balaban J connectivity index is 2.46. The Morgan fingerprint density at radius 3 is 2.35 bits per heavy atom. The molecule has 0 N–H and O–H groups in total. The van der Waals surface area contributed by atoms with E-state index in [1.807, 2.05) is 36.4 Å². The van der Waals surface area contributed by atoms with Crippen LogP contribution in [0.1, 0.15) is 11.1 Å². The number of ether oxygens (including phenoxy) is 4. The molecule has 0 heterocycles. The second kappa shape index (κ2) is 10.3. The van der Waals surface area contributed by atoms with Gasteiger partial charge in [0.1, 0.15) is 11.5 Å². The first kappa shape index (κ1) is 19.6. The summed E-state index contributed by atoms with van der Waals surface area (Å²) < 4.78 is 21.4. The van der Waals surface area contributed by atoms with Gasteiger partial charge in [0.05, 0.1) is 0 Å². The van der Waals surface area contributed by atoms with Crippen LogP contribution in [0.2, 0.25) is 0 Å². The highest BCUT2D eigenvalue weighted by Crippen LogP contribution is 2.34. The molecule has 2 rings (SSSR count). The second-order valence-corrected chi connectivity index (χ2v) is 5.63. The molecule has 26 heavy (non-hydrogen) atoms. The van der Waals surface area contributed by atoms with Crippen molar-refractivity contribution in [2.45, 2.75) is 12.8 Å². The van der Waals surface area contributed by atoms with Crippen LogP contribution >= 0.6 is 0 Å². The zero-order chi connectivity index (χ0) is 18.8. The van der Waals surface area contributed by atoms with Gasteiger partial charge in [-0.05, 0) is 47.4 Å². The Hall–Kier alpha value is -2.74. The number of methoxy groups -OCH3 is 2. The van der Waals surface area contributed by atoms with Gasteiger partial charge in [0.15, 0.2) is 13.6 Å². The van der Waals surface area contributed by atoms with Crippen LogP contribution < -0.4 is 9.47 Å². The highest BCUT2D eigenvalue weighted by atomic mass is 16.7. The minimum Gasteiger partial charge on any atom is -0.467 e. The molecule has 0 atom stereocenters. The van der Waals surface area contributed by atoms with Crippen LogP contribution in [-0.4, -0.2) is 27.8 Å². The minimum atomic E-state index is 0.177. The van der Waals surface area contributed by atoms with E-state index in [0.29, 0.717) is 12.8 Å². The number of terminal acetylenes is 1. The third-order valence-corrected chi connectivity index (χ3v) is 3.75. The normalized spacial score (nSPS) is 10.2. The van der Waals surface area contributed by atoms with Crippen LogP contribution in [-0.2, 0) is 22.3 Å². The van der Waals surface area contributed by atoms with Crippen LogP contribution in [0.25, 0.3) is 11.1 Å². The van der Waals surface area contributed by atoms with Crippen molar-refractivity contribution in [3.8, 4) is 35.0 Å². The maximum absolute atomic E-state index is 5.72. The molecule has 0 radical (unpaired) electrons. The molecule has 0 saturated carbocycles. The molecule has 0 aliphatic heterocycles. The smallest absolute Gasteiger partial charge is 0.188 e. The van der Waals surface area contributed by atoms with E-state index < -0.39 is 0 Å². The van der Waals surface area contributed by atoms with Gasteiger partial charge in [0.25, 0.3) is 0 Å². The van der Waals surface area contributed by atoms with Gasteiger partial charge in [-0.25, -0.2) is 0 Å². The third kappa shape index (κ3) is 5.13. The minimum absolute atomic E-state index is 0.177. The van der Waals surface area contributed by atoms with Crippen molar-refractivity contribution < 1.29 is 18.9 Å². The molecule has 0 aliphatic rings. The summed E-state index contributed by atoms with van der Waals surface area (Å²) in [7, 11) is 3.19. The molecule has 4 nitrogen and oxygen atoms in total. The van der Waals surface area contributed by atoms with E-state index in [1.165, 1.54) is 0 Å². The standard InChI is InChI=1S/C22H24O4/c1-5-7-17-9-11-22(26-16-24-4)20(13-17)18-10-12-21(25-15-23-3)19(14-18)8-6-2/h1,6,9-14H,2,7-8,15-16H2,3-4H3. The Morgan fingerprint density at radius 1 is 1.00 bits per heavy atom. The lowest BCUT2D eigenvalue weighted by atomic mass is 9.97. The zero-order valence-corrected chi connectivity index (χ0v) is 15.3. The molecule has 4 heteroatoms. The third-order valence-electron chi connectivity index (χ3n) is 3.75. The highest BCUT2D eigenvalue weighted by molar-refractivity contribution is 5.73. The van der Waals surface area contributed by atoms with E-state index in [1.54, 1.807) is 14.2 Å². The van der Waals surface area contributed by atoms with E-state index in [2.05, 4.69) is 18.6 Å². The van der Waals surface area contributed by atoms with Crippen molar-refractivity contribution >= 4 is 0 Å². The van der Waals surface area contributed by atoms with Gasteiger partial charge in [-0.3, -0.25) is 0 Å². The number of hydrogen-bond acceptors (Lipinski definition) is 4. The molecule has 0 aromatic heterocycles. The Bertz CT molecular complexity index is 774. The molecule has 0 bridgehead atoms. The quantitative estimate of drug-likeness (QED) is 0.364. The van der Waals surface area contributed by atoms with Crippen molar-refractivity contribution in [3.63, 3.8) is 0 Å². The molecular weight excluding hydrogens is 328 g/mol. The Morgan fingerprint density at radius 2 is 1.69 bits per heavy atom. The summed E-state index contributed by atoms with van der Waals surface area (Å²) in [6, 6.07) is 11.9. The topological polar surface area (TPSA) is 36.9 Å². The van der Waals surface area contributed by atoms with Gasteiger partial charge in [0, 0.05) is 26.2 Å². The fourth-order valence-electron chi connectivity index (χ4n) is 2.60. The molecule has 0 spiro atoms.